The molecule has 356 valence electrons. The molecule has 1 saturated carbocycles. The van der Waals surface area contributed by atoms with Crippen LogP contribution in [0.25, 0.3) is 0 Å². The second-order valence-electron chi connectivity index (χ2n) is 19.9. The number of carbonyl (C=O) groups excluding carboxylic acids is 6. The summed E-state index contributed by atoms with van der Waals surface area (Å²) in [5.74, 6) is -1.01. The molecule has 2 aliphatic carbocycles. The number of rotatable bonds is 15. The summed E-state index contributed by atoms with van der Waals surface area (Å²) in [5, 5.41) is 3.13. The zero-order chi connectivity index (χ0) is 46.8. The van der Waals surface area contributed by atoms with Gasteiger partial charge in [-0.1, -0.05) is 43.5 Å². The highest BCUT2D eigenvalue weighted by Gasteiger charge is 2.45. The average Bonchev–Trinajstić information content (AvgIpc) is 4.05. The number of amides is 4. The lowest BCUT2D eigenvalue weighted by molar-refractivity contribution is -0.133. The monoisotopic (exact) mass is 916 g/mol. The van der Waals surface area contributed by atoms with Crippen molar-refractivity contribution in [1.29, 1.82) is 0 Å². The van der Waals surface area contributed by atoms with E-state index in [1.807, 2.05) is 17.0 Å². The number of halogens is 1. The van der Waals surface area contributed by atoms with Gasteiger partial charge in [-0.2, -0.15) is 0 Å². The maximum Gasteiger partial charge on any atom is 0.262 e. The number of nitrogens with one attached hydrogen (secondary N) is 1. The number of hydrogen-bond donors (Lipinski definition) is 1. The number of ketones is 2. The van der Waals surface area contributed by atoms with Gasteiger partial charge in [0.1, 0.15) is 11.6 Å². The number of Topliss-reactive ketones (excluding diaryl/α,β-unsaturated/α-hetero) is 2. The van der Waals surface area contributed by atoms with Crippen molar-refractivity contribution in [2.24, 2.45) is 5.92 Å². The molecule has 0 spiro atoms. The Bertz CT molecular complexity index is 2360. The van der Waals surface area contributed by atoms with E-state index < -0.39 is 17.9 Å². The van der Waals surface area contributed by atoms with E-state index >= 15 is 0 Å². The van der Waals surface area contributed by atoms with Crippen LogP contribution in [-0.2, 0) is 25.6 Å². The molecule has 4 amide bonds. The molecule has 4 aliphatic heterocycles. The topological polar surface area (TPSA) is 134 Å². The molecule has 2 unspecified atom stereocenters. The van der Waals surface area contributed by atoms with Crippen molar-refractivity contribution in [3.63, 3.8) is 0 Å². The molecule has 0 radical (unpaired) electrons. The molecule has 67 heavy (non-hydrogen) atoms. The number of imide groups is 1. The number of piperidine rings is 1. The fraction of sp³-hybridized carbons (Fsp3) is 0.547. The minimum Gasteiger partial charge on any atom is -0.371 e. The summed E-state index contributed by atoms with van der Waals surface area (Å²) in [5.41, 5.74) is 5.95. The Morgan fingerprint density at radius 3 is 2.15 bits per heavy atom. The Morgan fingerprint density at radius 1 is 0.716 bits per heavy atom. The first kappa shape index (κ1) is 46.6. The molecule has 6 aliphatic rings. The number of likely N-dealkylation sites (tertiary alicyclic amines) is 1. The average molecular weight is 916 g/mol. The van der Waals surface area contributed by atoms with Gasteiger partial charge in [-0.05, 0) is 107 Å². The van der Waals surface area contributed by atoms with Gasteiger partial charge in [-0.3, -0.25) is 38.6 Å². The molecule has 13 nitrogen and oxygen atoms in total. The zero-order valence-corrected chi connectivity index (χ0v) is 39.2. The molecule has 4 fully saturated rings. The first-order valence-electron chi connectivity index (χ1n) is 24.8. The van der Waals surface area contributed by atoms with Crippen molar-refractivity contribution in [2.45, 2.75) is 108 Å². The van der Waals surface area contributed by atoms with Gasteiger partial charge < -0.3 is 24.9 Å². The number of carbonyl (C=O) groups is 6. The number of likely N-dealkylation sites (N-methyl/N-ethyl adjacent to an activating group) is 1. The van der Waals surface area contributed by atoms with Crippen molar-refractivity contribution >= 4 is 46.6 Å². The van der Waals surface area contributed by atoms with Crippen molar-refractivity contribution in [1.82, 2.24) is 24.9 Å². The third-order valence-corrected chi connectivity index (χ3v) is 15.7. The highest BCUT2D eigenvalue weighted by atomic mass is 19.1. The molecular weight excluding hydrogens is 850 g/mol. The highest BCUT2D eigenvalue weighted by molar-refractivity contribution is 6.24. The third kappa shape index (κ3) is 9.93. The molecule has 4 atom stereocenters. The number of anilines is 2. The van der Waals surface area contributed by atoms with Crippen LogP contribution in [-0.4, -0.2) is 140 Å². The van der Waals surface area contributed by atoms with Crippen LogP contribution in [0.15, 0.2) is 60.7 Å². The van der Waals surface area contributed by atoms with Crippen LogP contribution >= 0.6 is 0 Å². The fourth-order valence-corrected chi connectivity index (χ4v) is 11.7. The first-order chi connectivity index (χ1) is 32.4. The Hall–Kier alpha value is -5.47. The van der Waals surface area contributed by atoms with Crippen LogP contribution in [0.4, 0.5) is 15.8 Å². The van der Waals surface area contributed by atoms with Crippen LogP contribution in [0.5, 0.6) is 0 Å². The number of nitrogens with zero attached hydrogens (tertiary/aromatic N) is 6. The maximum atomic E-state index is 15.0. The van der Waals surface area contributed by atoms with Crippen LogP contribution in [0.1, 0.15) is 126 Å². The Morgan fingerprint density at radius 2 is 1.40 bits per heavy atom. The molecule has 3 aromatic rings. The van der Waals surface area contributed by atoms with Gasteiger partial charge >= 0.3 is 0 Å². The van der Waals surface area contributed by atoms with Crippen molar-refractivity contribution in [3.8, 4) is 0 Å². The summed E-state index contributed by atoms with van der Waals surface area (Å²) in [6, 6.07) is 19.4. The van der Waals surface area contributed by atoms with E-state index in [-0.39, 0.29) is 71.5 Å². The standard InChI is InChI=1S/C53H66FN7O6/c1-56(2)47-34-60(46-20-14-36-9-8-10-44(54)50(36)46)33-43(47)35-12-15-38(16-13-35)58-27-29-59(30-28-58)49(64)11-6-4-3-5-7-24-55-51(65)37-22-25-57(26-23-37)39-17-19-41-42(31-39)53(67)61(52(41)66)45-21-18-40(62)32-48(45)63/h8-10,12-13,15-17,19,31,37,43,45-47H,3-7,11,14,18,20-30,32-34H2,1-2H3,(H,55,65)/t43-,45?,46?,47+/m1/s1. The lowest BCUT2D eigenvalue weighted by Gasteiger charge is -2.36. The summed E-state index contributed by atoms with van der Waals surface area (Å²) < 4.78 is 15.0. The first-order valence-corrected chi connectivity index (χ1v) is 24.8. The summed E-state index contributed by atoms with van der Waals surface area (Å²) in [7, 11) is 4.31. The van der Waals surface area contributed by atoms with E-state index in [9.17, 15) is 33.2 Å². The third-order valence-electron chi connectivity index (χ3n) is 15.7. The van der Waals surface area contributed by atoms with E-state index in [0.29, 0.717) is 50.9 Å². The van der Waals surface area contributed by atoms with Gasteiger partial charge in [0.2, 0.25) is 11.8 Å². The minimum atomic E-state index is -0.889. The van der Waals surface area contributed by atoms with Gasteiger partial charge in [-0.25, -0.2) is 4.39 Å². The molecular formula is C53H66FN7O6. The fourth-order valence-electron chi connectivity index (χ4n) is 11.7. The largest absolute Gasteiger partial charge is 0.371 e. The number of hydrogen-bond acceptors (Lipinski definition) is 10. The van der Waals surface area contributed by atoms with Crippen LogP contribution < -0.4 is 15.1 Å². The zero-order valence-electron chi connectivity index (χ0n) is 39.2. The summed E-state index contributed by atoms with van der Waals surface area (Å²) >= 11 is 0. The Labute approximate surface area is 394 Å². The van der Waals surface area contributed by atoms with Gasteiger partial charge in [-0.15, -0.1) is 0 Å². The second-order valence-corrected chi connectivity index (χ2v) is 19.9. The van der Waals surface area contributed by atoms with Crippen LogP contribution in [0, 0.1) is 11.7 Å². The molecule has 0 aromatic heterocycles. The lowest BCUT2D eigenvalue weighted by atomic mass is 9.92. The smallest absolute Gasteiger partial charge is 0.262 e. The SMILES string of the molecule is CN(C)[C@H]1CN(C2CCc3cccc(F)c32)C[C@@H]1c1ccc(N2CCN(C(=O)CCCCCCCNC(=O)C3CCN(c4ccc5c(c4)C(=O)N(C4CCC(=O)CC4=O)C5=O)CC3)CC2)cc1. The van der Waals surface area contributed by atoms with Crippen LogP contribution in [0.3, 0.4) is 0 Å². The van der Waals surface area contributed by atoms with E-state index in [0.717, 1.165) is 106 Å². The van der Waals surface area contributed by atoms with Crippen molar-refractivity contribution in [2.75, 3.05) is 82.8 Å². The number of piperazine rings is 1. The summed E-state index contributed by atoms with van der Waals surface area (Å²) in [6.07, 6.45) is 8.75. The normalized spacial score (nSPS) is 23.7. The van der Waals surface area contributed by atoms with Crippen molar-refractivity contribution in [3.05, 3.63) is 94.3 Å². The quantitative estimate of drug-likeness (QED) is 0.108. The van der Waals surface area contributed by atoms with Gasteiger partial charge in [0.05, 0.1) is 23.6 Å². The molecule has 3 saturated heterocycles. The second kappa shape index (κ2) is 20.4. The Balaban J connectivity index is 0.634. The number of benzene rings is 3. The molecule has 1 N–H and O–H groups in total. The predicted molar refractivity (Wildman–Crippen MR) is 255 cm³/mol. The maximum absolute atomic E-state index is 15.0. The van der Waals surface area contributed by atoms with E-state index in [1.54, 1.807) is 18.2 Å². The van der Waals surface area contributed by atoms with E-state index in [1.165, 1.54) is 11.3 Å². The van der Waals surface area contributed by atoms with Gasteiger partial charge in [0.15, 0.2) is 5.78 Å². The predicted octanol–water partition coefficient (Wildman–Crippen LogP) is 6.15. The molecule has 0 bridgehead atoms. The molecule has 4 heterocycles. The van der Waals surface area contributed by atoms with Crippen molar-refractivity contribution < 1.29 is 33.2 Å². The number of aryl methyl sites for hydroxylation is 1. The minimum absolute atomic E-state index is 0.0696. The number of unbranched alkanes of at least 4 members (excludes halogenated alkanes) is 4. The molecule has 9 rings (SSSR count). The van der Waals surface area contributed by atoms with Gasteiger partial charge in [0.25, 0.3) is 11.8 Å². The highest BCUT2D eigenvalue weighted by Crippen LogP contribution is 2.43. The van der Waals surface area contributed by atoms with E-state index in [2.05, 4.69) is 69.3 Å². The summed E-state index contributed by atoms with van der Waals surface area (Å²) in [4.78, 5) is 89.2. The molecule has 3 aromatic carbocycles. The number of fused-ring (bicyclic) bond motifs is 2. The molecule has 14 heteroatoms. The van der Waals surface area contributed by atoms with Crippen LogP contribution in [0.2, 0.25) is 0 Å². The van der Waals surface area contributed by atoms with Gasteiger partial charge in [0, 0.05) is 113 Å². The summed E-state index contributed by atoms with van der Waals surface area (Å²) in [6.45, 7) is 6.86. The Kier molecular flexibility index (Phi) is 14.2. The van der Waals surface area contributed by atoms with E-state index in [4.69, 9.17) is 0 Å². The lowest BCUT2D eigenvalue weighted by Crippen LogP contribution is -2.48.